The number of nitrogens with zero attached hydrogens (tertiary/aromatic N) is 2. The lowest BCUT2D eigenvalue weighted by Crippen LogP contribution is -2.16. The SMILES string of the molecule is Cc1ccc(O)c(Cn2nc(-c3cc(C)c(C)c(C)c3C)oc2=O)c1. The van der Waals surface area contributed by atoms with Gasteiger partial charge in [-0.3, -0.25) is 0 Å². The summed E-state index contributed by atoms with van der Waals surface area (Å²) in [5, 5.41) is 14.3. The normalized spacial score (nSPS) is 11.1. The maximum atomic E-state index is 12.2. The Balaban J connectivity index is 2.04. The van der Waals surface area contributed by atoms with Gasteiger partial charge < -0.3 is 9.52 Å². The highest BCUT2D eigenvalue weighted by molar-refractivity contribution is 5.63. The lowest BCUT2D eigenvalue weighted by Gasteiger charge is -2.11. The second-order valence-corrected chi connectivity index (χ2v) is 6.58. The van der Waals surface area contributed by atoms with E-state index < -0.39 is 5.76 Å². The van der Waals surface area contributed by atoms with Crippen molar-refractivity contribution in [3.8, 4) is 17.2 Å². The standard InChI is InChI=1S/C20H22N2O3/c1-11-6-7-18(23)16(8-11)10-22-20(24)25-19(21-22)17-9-12(2)13(3)14(4)15(17)5/h6-9,23H,10H2,1-5H3. The van der Waals surface area contributed by atoms with Crippen molar-refractivity contribution in [2.75, 3.05) is 0 Å². The summed E-state index contributed by atoms with van der Waals surface area (Å²) in [7, 11) is 0. The highest BCUT2D eigenvalue weighted by atomic mass is 16.4. The minimum atomic E-state index is -0.536. The summed E-state index contributed by atoms with van der Waals surface area (Å²) in [6, 6.07) is 7.27. The lowest BCUT2D eigenvalue weighted by atomic mass is 9.94. The quantitative estimate of drug-likeness (QED) is 0.789. The van der Waals surface area contributed by atoms with Gasteiger partial charge in [0.15, 0.2) is 0 Å². The zero-order chi connectivity index (χ0) is 18.3. The van der Waals surface area contributed by atoms with Crippen LogP contribution < -0.4 is 5.76 Å². The molecule has 1 N–H and O–H groups in total. The fourth-order valence-corrected chi connectivity index (χ4v) is 2.95. The van der Waals surface area contributed by atoms with Crippen molar-refractivity contribution in [2.45, 2.75) is 41.2 Å². The maximum absolute atomic E-state index is 12.2. The monoisotopic (exact) mass is 338 g/mol. The van der Waals surface area contributed by atoms with E-state index in [1.807, 2.05) is 39.0 Å². The average molecular weight is 338 g/mol. The number of aryl methyl sites for hydroxylation is 2. The number of hydrogen-bond acceptors (Lipinski definition) is 4. The number of phenolic OH excluding ortho intramolecular Hbond substituents is 1. The Bertz CT molecular complexity index is 1010. The molecule has 0 aliphatic carbocycles. The van der Waals surface area contributed by atoms with Gasteiger partial charge in [-0.05, 0) is 69.0 Å². The molecule has 0 aliphatic rings. The van der Waals surface area contributed by atoms with E-state index in [0.29, 0.717) is 11.5 Å². The van der Waals surface area contributed by atoms with E-state index in [4.69, 9.17) is 4.42 Å². The molecule has 0 radical (unpaired) electrons. The second-order valence-electron chi connectivity index (χ2n) is 6.58. The van der Waals surface area contributed by atoms with E-state index in [9.17, 15) is 9.90 Å². The number of benzene rings is 2. The average Bonchev–Trinajstić information content (AvgIpc) is 2.93. The molecule has 5 heteroatoms. The number of hydrogen-bond donors (Lipinski definition) is 1. The fourth-order valence-electron chi connectivity index (χ4n) is 2.95. The second kappa shape index (κ2) is 6.24. The molecule has 1 heterocycles. The van der Waals surface area contributed by atoms with Gasteiger partial charge in [-0.1, -0.05) is 17.7 Å². The first-order valence-corrected chi connectivity index (χ1v) is 8.22. The van der Waals surface area contributed by atoms with Crippen molar-refractivity contribution in [3.63, 3.8) is 0 Å². The van der Waals surface area contributed by atoms with Gasteiger partial charge in [-0.25, -0.2) is 4.79 Å². The van der Waals surface area contributed by atoms with Crippen LogP contribution in [-0.2, 0) is 6.54 Å². The maximum Gasteiger partial charge on any atom is 0.437 e. The van der Waals surface area contributed by atoms with Crippen LogP contribution in [0.5, 0.6) is 5.75 Å². The fraction of sp³-hybridized carbons (Fsp3) is 0.300. The first-order valence-electron chi connectivity index (χ1n) is 8.22. The molecular formula is C20H22N2O3. The highest BCUT2D eigenvalue weighted by Crippen LogP contribution is 2.28. The highest BCUT2D eigenvalue weighted by Gasteiger charge is 2.16. The summed E-state index contributed by atoms with van der Waals surface area (Å²) in [5.41, 5.74) is 7.04. The molecule has 3 rings (SSSR count). The molecule has 3 aromatic rings. The predicted molar refractivity (Wildman–Crippen MR) is 97.1 cm³/mol. The molecule has 130 valence electrons. The van der Waals surface area contributed by atoms with Crippen molar-refractivity contribution < 1.29 is 9.52 Å². The predicted octanol–water partition coefficient (Wildman–Crippen LogP) is 3.80. The molecule has 5 nitrogen and oxygen atoms in total. The molecule has 25 heavy (non-hydrogen) atoms. The lowest BCUT2D eigenvalue weighted by molar-refractivity contribution is 0.457. The van der Waals surface area contributed by atoms with Gasteiger partial charge in [0.1, 0.15) is 5.75 Å². The van der Waals surface area contributed by atoms with Crippen LogP contribution in [0, 0.1) is 34.6 Å². The van der Waals surface area contributed by atoms with E-state index in [1.54, 1.807) is 6.07 Å². The molecular weight excluding hydrogens is 316 g/mol. The van der Waals surface area contributed by atoms with Crippen LogP contribution in [0.2, 0.25) is 0 Å². The van der Waals surface area contributed by atoms with Gasteiger partial charge in [-0.2, -0.15) is 4.68 Å². The van der Waals surface area contributed by atoms with Crippen molar-refractivity contribution in [1.29, 1.82) is 0 Å². The van der Waals surface area contributed by atoms with Gasteiger partial charge in [0.2, 0.25) is 5.89 Å². The molecule has 0 atom stereocenters. The van der Waals surface area contributed by atoms with Crippen LogP contribution in [0.1, 0.15) is 33.4 Å². The van der Waals surface area contributed by atoms with Crippen molar-refractivity contribution in [1.82, 2.24) is 9.78 Å². The smallest absolute Gasteiger partial charge is 0.437 e. The van der Waals surface area contributed by atoms with Crippen LogP contribution in [0.3, 0.4) is 0 Å². The first kappa shape index (κ1) is 17.0. The summed E-state index contributed by atoms with van der Waals surface area (Å²) in [6.45, 7) is 10.3. The van der Waals surface area contributed by atoms with Crippen molar-refractivity contribution in [3.05, 3.63) is 68.2 Å². The van der Waals surface area contributed by atoms with Gasteiger partial charge in [0.25, 0.3) is 0 Å². The molecule has 0 saturated heterocycles. The largest absolute Gasteiger partial charge is 0.508 e. The van der Waals surface area contributed by atoms with Crippen LogP contribution in [0.15, 0.2) is 33.5 Å². The molecule has 1 aromatic heterocycles. The molecule has 0 spiro atoms. The summed E-state index contributed by atoms with van der Waals surface area (Å²) < 4.78 is 6.63. The minimum absolute atomic E-state index is 0.139. The van der Waals surface area contributed by atoms with E-state index in [-0.39, 0.29) is 12.3 Å². The van der Waals surface area contributed by atoms with Crippen LogP contribution in [0.25, 0.3) is 11.5 Å². The molecule has 0 bridgehead atoms. The Labute approximate surface area is 146 Å². The Morgan fingerprint density at radius 2 is 1.76 bits per heavy atom. The summed E-state index contributed by atoms with van der Waals surface area (Å²) in [4.78, 5) is 12.2. The van der Waals surface area contributed by atoms with Gasteiger partial charge in [0, 0.05) is 11.1 Å². The zero-order valence-electron chi connectivity index (χ0n) is 15.2. The Kier molecular flexibility index (Phi) is 4.25. The van der Waals surface area contributed by atoms with Crippen molar-refractivity contribution >= 4 is 0 Å². The third-order valence-electron chi connectivity index (χ3n) is 4.87. The molecule has 0 unspecified atom stereocenters. The van der Waals surface area contributed by atoms with E-state index >= 15 is 0 Å². The van der Waals surface area contributed by atoms with Crippen molar-refractivity contribution in [2.24, 2.45) is 0 Å². The van der Waals surface area contributed by atoms with E-state index in [2.05, 4.69) is 18.9 Å². The number of phenols is 1. The molecule has 2 aromatic carbocycles. The third kappa shape index (κ3) is 3.09. The number of rotatable bonds is 3. The molecule has 0 aliphatic heterocycles. The van der Waals surface area contributed by atoms with Gasteiger partial charge in [-0.15, -0.1) is 5.10 Å². The van der Waals surface area contributed by atoms with Gasteiger partial charge >= 0.3 is 5.76 Å². The van der Waals surface area contributed by atoms with Crippen LogP contribution in [0.4, 0.5) is 0 Å². The number of aromatic hydroxyl groups is 1. The van der Waals surface area contributed by atoms with Crippen LogP contribution in [-0.4, -0.2) is 14.9 Å². The Morgan fingerprint density at radius 1 is 1.04 bits per heavy atom. The Morgan fingerprint density at radius 3 is 2.48 bits per heavy atom. The first-order chi connectivity index (χ1) is 11.8. The third-order valence-corrected chi connectivity index (χ3v) is 4.87. The zero-order valence-corrected chi connectivity index (χ0v) is 15.2. The number of aromatic nitrogens is 2. The molecule has 0 amide bonds. The van der Waals surface area contributed by atoms with Gasteiger partial charge in [0.05, 0.1) is 6.54 Å². The Hall–Kier alpha value is -2.82. The van der Waals surface area contributed by atoms with Crippen LogP contribution >= 0.6 is 0 Å². The van der Waals surface area contributed by atoms with E-state index in [0.717, 1.165) is 22.3 Å². The molecule has 0 fully saturated rings. The minimum Gasteiger partial charge on any atom is -0.508 e. The molecule has 0 saturated carbocycles. The summed E-state index contributed by atoms with van der Waals surface area (Å²) in [5.74, 6) is -0.0905. The summed E-state index contributed by atoms with van der Waals surface area (Å²) in [6.07, 6.45) is 0. The summed E-state index contributed by atoms with van der Waals surface area (Å²) >= 11 is 0. The van der Waals surface area contributed by atoms with E-state index in [1.165, 1.54) is 15.8 Å². The topological polar surface area (TPSA) is 68.3 Å².